The Kier molecular flexibility index (Phi) is 6.60. The molecule has 4 rings (SSSR count). The maximum Gasteiger partial charge on any atom is 0.419 e. The van der Waals surface area contributed by atoms with Crippen LogP contribution in [0.1, 0.15) is 33.4 Å². The summed E-state index contributed by atoms with van der Waals surface area (Å²) in [6.45, 7) is 6.78. The molecule has 0 saturated carbocycles. The van der Waals surface area contributed by atoms with Crippen molar-refractivity contribution < 1.29 is 28.2 Å². The number of halogens is 1. The maximum absolute atomic E-state index is 13.9. The van der Waals surface area contributed by atoms with E-state index in [1.807, 2.05) is 36.4 Å². The van der Waals surface area contributed by atoms with Crippen LogP contribution in [0.25, 0.3) is 22.0 Å². The van der Waals surface area contributed by atoms with Gasteiger partial charge in [-0.2, -0.15) is 0 Å². The molecule has 1 aromatic heterocycles. The van der Waals surface area contributed by atoms with Crippen molar-refractivity contribution in [1.29, 1.82) is 0 Å². The second kappa shape index (κ2) is 9.62. The predicted octanol–water partition coefficient (Wildman–Crippen LogP) is 6.73. The summed E-state index contributed by atoms with van der Waals surface area (Å²) in [5.41, 5.74) is 2.19. The number of carbonyl (C=O) groups is 2. The van der Waals surface area contributed by atoms with Crippen molar-refractivity contribution in [2.75, 3.05) is 0 Å². The quantitative estimate of drug-likeness (QED) is 0.236. The van der Waals surface area contributed by atoms with Crippen molar-refractivity contribution in [3.05, 3.63) is 84.3 Å². The first-order chi connectivity index (χ1) is 16.6. The fourth-order valence-corrected chi connectivity index (χ4v) is 3.64. The van der Waals surface area contributed by atoms with Gasteiger partial charge in [0.15, 0.2) is 0 Å². The Morgan fingerprint density at radius 1 is 0.857 bits per heavy atom. The lowest BCUT2D eigenvalue weighted by Gasteiger charge is -2.21. The number of ether oxygens (including phenoxy) is 3. The molecule has 0 unspecified atom stereocenters. The predicted molar refractivity (Wildman–Crippen MR) is 131 cm³/mol. The molecule has 0 fully saturated rings. The fraction of sp³-hybridized carbons (Fsp3) is 0.214. The lowest BCUT2D eigenvalue weighted by Crippen LogP contribution is -2.28. The van der Waals surface area contributed by atoms with E-state index in [0.717, 1.165) is 11.1 Å². The van der Waals surface area contributed by atoms with Crippen LogP contribution in [0.4, 0.5) is 9.18 Å². The Hall–Kier alpha value is -4.13. The van der Waals surface area contributed by atoms with Gasteiger partial charge in [-0.1, -0.05) is 24.3 Å². The summed E-state index contributed by atoms with van der Waals surface area (Å²) in [5.74, 6) is 0.290. The molecule has 6 nitrogen and oxygen atoms in total. The summed E-state index contributed by atoms with van der Waals surface area (Å²) in [6.07, 6.45) is -0.593. The zero-order valence-electron chi connectivity index (χ0n) is 20.0. The number of benzene rings is 3. The molecule has 0 radical (unpaired) electrons. The minimum atomic E-state index is -0.703. The summed E-state index contributed by atoms with van der Waals surface area (Å²) < 4.78 is 31.8. The molecule has 0 amide bonds. The molecule has 7 heteroatoms. The van der Waals surface area contributed by atoms with Gasteiger partial charge >= 0.3 is 12.1 Å². The van der Waals surface area contributed by atoms with E-state index in [0.29, 0.717) is 28.1 Å². The Balaban J connectivity index is 1.53. The molecule has 0 saturated heterocycles. The van der Waals surface area contributed by atoms with Crippen LogP contribution in [-0.4, -0.2) is 22.2 Å². The Labute approximate surface area is 202 Å². The highest BCUT2D eigenvalue weighted by Crippen LogP contribution is 2.27. The van der Waals surface area contributed by atoms with Gasteiger partial charge in [0.2, 0.25) is 0 Å². The van der Waals surface area contributed by atoms with E-state index < -0.39 is 17.5 Å². The van der Waals surface area contributed by atoms with E-state index >= 15 is 0 Å². The van der Waals surface area contributed by atoms with E-state index in [1.54, 1.807) is 45.0 Å². The van der Waals surface area contributed by atoms with Crippen LogP contribution in [0, 0.1) is 5.82 Å². The molecule has 35 heavy (non-hydrogen) atoms. The van der Waals surface area contributed by atoms with Crippen molar-refractivity contribution in [3.8, 4) is 22.6 Å². The third-order valence-corrected chi connectivity index (χ3v) is 5.11. The molecule has 0 bridgehead atoms. The molecule has 180 valence electrons. The molecule has 0 spiro atoms. The number of fused-ring (bicyclic) bond motifs is 1. The number of nitrogens with zero attached hydrogens (tertiary/aromatic N) is 1. The first-order valence-corrected chi connectivity index (χ1v) is 11.1. The third kappa shape index (κ3) is 5.87. The number of rotatable bonds is 5. The number of hydrogen-bond acceptors (Lipinski definition) is 5. The monoisotopic (exact) mass is 475 g/mol. The molecule has 4 aromatic rings. The summed E-state index contributed by atoms with van der Waals surface area (Å²) in [7, 11) is 0. The van der Waals surface area contributed by atoms with E-state index in [4.69, 9.17) is 14.2 Å². The molecular formula is C28H26FNO5. The minimum absolute atomic E-state index is 0.0893. The van der Waals surface area contributed by atoms with Gasteiger partial charge in [-0.25, -0.2) is 13.8 Å². The van der Waals surface area contributed by atoms with Crippen molar-refractivity contribution in [2.24, 2.45) is 0 Å². The van der Waals surface area contributed by atoms with Crippen LogP contribution in [0.3, 0.4) is 0 Å². The van der Waals surface area contributed by atoms with E-state index in [2.05, 4.69) is 0 Å². The molecule has 0 aliphatic heterocycles. The molecule has 3 aromatic carbocycles. The van der Waals surface area contributed by atoms with Gasteiger partial charge in [-0.3, -0.25) is 4.79 Å². The first-order valence-electron chi connectivity index (χ1n) is 11.1. The van der Waals surface area contributed by atoms with E-state index in [9.17, 15) is 14.0 Å². The summed E-state index contributed by atoms with van der Waals surface area (Å²) in [6, 6.07) is 20.8. The summed E-state index contributed by atoms with van der Waals surface area (Å²) in [5, 5.41) is 0.711. The van der Waals surface area contributed by atoms with Crippen LogP contribution in [0.2, 0.25) is 0 Å². The highest BCUT2D eigenvalue weighted by Gasteiger charge is 2.22. The van der Waals surface area contributed by atoms with Crippen molar-refractivity contribution in [1.82, 2.24) is 4.57 Å². The van der Waals surface area contributed by atoms with Gasteiger partial charge < -0.3 is 14.2 Å². The second-order valence-corrected chi connectivity index (χ2v) is 9.09. The van der Waals surface area contributed by atoms with Gasteiger partial charge in [0.25, 0.3) is 0 Å². The average Bonchev–Trinajstić information content (AvgIpc) is 3.15. The van der Waals surface area contributed by atoms with Crippen LogP contribution < -0.4 is 9.47 Å². The number of hydrogen-bond donors (Lipinski definition) is 0. The molecular weight excluding hydrogens is 449 g/mol. The van der Waals surface area contributed by atoms with Crippen LogP contribution >= 0.6 is 0 Å². The Morgan fingerprint density at radius 3 is 2.03 bits per heavy atom. The molecule has 0 aliphatic rings. The molecule has 1 heterocycles. The lowest BCUT2D eigenvalue weighted by atomic mass is 10.1. The standard InChI is InChI=1S/C28H26FNO5/c1-18(31)34-25-13-8-20(9-14-25)19-6-11-24(12-7-19)33-17-23-15-21-5-10-22(29)16-26(21)30(23)27(32)35-28(2,3)4/h5-16H,17H2,1-4H3. The van der Waals surface area contributed by atoms with Crippen LogP contribution in [-0.2, 0) is 16.1 Å². The molecule has 0 aliphatic carbocycles. The molecule has 0 N–H and O–H groups in total. The van der Waals surface area contributed by atoms with Gasteiger partial charge in [0.1, 0.15) is 29.5 Å². The summed E-state index contributed by atoms with van der Waals surface area (Å²) >= 11 is 0. The average molecular weight is 476 g/mol. The smallest absolute Gasteiger partial charge is 0.419 e. The Bertz CT molecular complexity index is 1370. The van der Waals surface area contributed by atoms with Gasteiger partial charge in [-0.05, 0) is 80.4 Å². The van der Waals surface area contributed by atoms with Gasteiger partial charge in [0, 0.05) is 12.3 Å². The summed E-state index contributed by atoms with van der Waals surface area (Å²) in [4.78, 5) is 24.0. The SMILES string of the molecule is CC(=O)Oc1ccc(-c2ccc(OCc3cc4ccc(F)cc4n3C(=O)OC(C)(C)C)cc2)cc1. The highest BCUT2D eigenvalue weighted by atomic mass is 19.1. The van der Waals surface area contributed by atoms with Crippen LogP contribution in [0.5, 0.6) is 11.5 Å². The van der Waals surface area contributed by atoms with Crippen molar-refractivity contribution in [3.63, 3.8) is 0 Å². The zero-order chi connectivity index (χ0) is 25.2. The number of aromatic nitrogens is 1. The lowest BCUT2D eigenvalue weighted by molar-refractivity contribution is -0.131. The second-order valence-electron chi connectivity index (χ2n) is 9.09. The zero-order valence-corrected chi connectivity index (χ0v) is 20.0. The fourth-order valence-electron chi connectivity index (χ4n) is 3.64. The van der Waals surface area contributed by atoms with E-state index in [1.165, 1.54) is 23.6 Å². The largest absolute Gasteiger partial charge is 0.487 e. The Morgan fingerprint density at radius 2 is 1.46 bits per heavy atom. The van der Waals surface area contributed by atoms with E-state index in [-0.39, 0.29) is 12.6 Å². The maximum atomic E-state index is 13.9. The topological polar surface area (TPSA) is 66.8 Å². The number of esters is 1. The van der Waals surface area contributed by atoms with Gasteiger partial charge in [-0.15, -0.1) is 0 Å². The van der Waals surface area contributed by atoms with Crippen LogP contribution in [0.15, 0.2) is 72.8 Å². The minimum Gasteiger partial charge on any atom is -0.487 e. The third-order valence-electron chi connectivity index (χ3n) is 5.11. The van der Waals surface area contributed by atoms with Gasteiger partial charge in [0.05, 0.1) is 11.2 Å². The highest BCUT2D eigenvalue weighted by molar-refractivity contribution is 5.91. The van der Waals surface area contributed by atoms with Crippen molar-refractivity contribution in [2.45, 2.75) is 39.9 Å². The van der Waals surface area contributed by atoms with Crippen molar-refractivity contribution >= 4 is 23.0 Å². The number of carbonyl (C=O) groups excluding carboxylic acids is 2. The first kappa shape index (κ1) is 24.0. The molecule has 0 atom stereocenters. The normalized spacial score (nSPS) is 11.3.